The van der Waals surface area contributed by atoms with Crippen molar-refractivity contribution in [1.82, 2.24) is 15.1 Å². The van der Waals surface area contributed by atoms with Crippen LogP contribution in [0.2, 0.25) is 0 Å². The summed E-state index contributed by atoms with van der Waals surface area (Å²) in [5.41, 5.74) is 1.23. The highest BCUT2D eigenvalue weighted by molar-refractivity contribution is 5.17. The zero-order valence-corrected chi connectivity index (χ0v) is 10.7. The Morgan fingerprint density at radius 2 is 2.35 bits per heavy atom. The normalized spacial score (nSPS) is 24.8. The van der Waals surface area contributed by atoms with Crippen molar-refractivity contribution in [2.75, 3.05) is 6.54 Å². The second-order valence-corrected chi connectivity index (χ2v) is 5.16. The molecule has 1 saturated carbocycles. The van der Waals surface area contributed by atoms with Gasteiger partial charge in [-0.15, -0.1) is 0 Å². The van der Waals surface area contributed by atoms with Crippen LogP contribution in [0.3, 0.4) is 0 Å². The Kier molecular flexibility index (Phi) is 4.37. The highest BCUT2D eigenvalue weighted by atomic mass is 15.2. The quantitative estimate of drug-likeness (QED) is 0.847. The molecule has 2 rings (SSSR count). The Hall–Kier alpha value is -1.09. The fraction of sp³-hybridized carbons (Fsp3) is 0.643. The van der Waals surface area contributed by atoms with Crippen LogP contribution in [-0.4, -0.2) is 16.3 Å². The number of hydrogen-bond acceptors (Lipinski definition) is 2. The molecule has 2 atom stereocenters. The summed E-state index contributed by atoms with van der Waals surface area (Å²) >= 11 is 0. The maximum Gasteiger partial charge on any atom is 0.0538 e. The highest BCUT2D eigenvalue weighted by Gasteiger charge is 2.20. The summed E-state index contributed by atoms with van der Waals surface area (Å²) in [6.07, 6.45) is 11.3. The van der Waals surface area contributed by atoms with Crippen LogP contribution < -0.4 is 5.32 Å². The van der Waals surface area contributed by atoms with Gasteiger partial charge in [0.25, 0.3) is 0 Å². The van der Waals surface area contributed by atoms with Crippen LogP contribution >= 0.6 is 0 Å². The van der Waals surface area contributed by atoms with Gasteiger partial charge in [0.05, 0.1) is 6.20 Å². The van der Waals surface area contributed by atoms with Crippen molar-refractivity contribution in [2.24, 2.45) is 11.8 Å². The Bertz CT molecular complexity index is 356. The van der Waals surface area contributed by atoms with E-state index < -0.39 is 0 Å². The molecule has 1 aliphatic carbocycles. The Morgan fingerprint density at radius 3 is 3.06 bits per heavy atom. The first-order valence-corrected chi connectivity index (χ1v) is 6.66. The number of nitrogens with zero attached hydrogens (tertiary/aromatic N) is 2. The van der Waals surface area contributed by atoms with E-state index in [0.29, 0.717) is 0 Å². The monoisotopic (exact) mass is 233 g/mol. The van der Waals surface area contributed by atoms with Crippen LogP contribution in [0.4, 0.5) is 0 Å². The molecular formula is C14H23N3. The van der Waals surface area contributed by atoms with Gasteiger partial charge in [0, 0.05) is 24.5 Å². The van der Waals surface area contributed by atoms with Gasteiger partial charge in [-0.05, 0) is 24.8 Å². The van der Waals surface area contributed by atoms with Gasteiger partial charge in [-0.2, -0.15) is 5.10 Å². The van der Waals surface area contributed by atoms with E-state index in [2.05, 4.69) is 23.9 Å². The summed E-state index contributed by atoms with van der Waals surface area (Å²) in [4.78, 5) is 0. The molecule has 3 nitrogen and oxygen atoms in total. The molecule has 1 heterocycles. The molecule has 0 aliphatic heterocycles. The summed E-state index contributed by atoms with van der Waals surface area (Å²) in [7, 11) is 0. The fourth-order valence-electron chi connectivity index (χ4n) is 2.67. The number of rotatable bonds is 5. The molecule has 1 fully saturated rings. The lowest BCUT2D eigenvalue weighted by molar-refractivity contribution is 0.247. The molecule has 3 heteroatoms. The molecule has 0 radical (unpaired) electrons. The molecule has 0 saturated heterocycles. The third kappa shape index (κ3) is 3.43. The standard InChI is InChI=1S/C14H23N3/c1-3-17-11-13(9-16-17)8-15-10-14-7-5-4-6-12(14)2/h3,9,11-12,14-15H,1,4-8,10H2,2H3. The van der Waals surface area contributed by atoms with Crippen molar-refractivity contribution in [2.45, 2.75) is 39.2 Å². The topological polar surface area (TPSA) is 29.9 Å². The molecule has 1 aromatic rings. The van der Waals surface area contributed by atoms with E-state index in [4.69, 9.17) is 0 Å². The van der Waals surface area contributed by atoms with Gasteiger partial charge in [-0.3, -0.25) is 0 Å². The summed E-state index contributed by atoms with van der Waals surface area (Å²) in [5, 5.41) is 7.73. The second-order valence-electron chi connectivity index (χ2n) is 5.16. The molecule has 0 aromatic carbocycles. The molecular weight excluding hydrogens is 210 g/mol. The largest absolute Gasteiger partial charge is 0.312 e. The number of nitrogens with one attached hydrogen (secondary N) is 1. The smallest absolute Gasteiger partial charge is 0.0538 e. The summed E-state index contributed by atoms with van der Waals surface area (Å²) in [5.74, 6) is 1.74. The van der Waals surface area contributed by atoms with Crippen molar-refractivity contribution in [3.8, 4) is 0 Å². The SMILES string of the molecule is C=Cn1cc(CNCC2CCCCC2C)cn1. The average molecular weight is 233 g/mol. The van der Waals surface area contributed by atoms with Crippen molar-refractivity contribution >= 4 is 6.20 Å². The van der Waals surface area contributed by atoms with E-state index in [-0.39, 0.29) is 0 Å². The van der Waals surface area contributed by atoms with Crippen molar-refractivity contribution < 1.29 is 0 Å². The van der Waals surface area contributed by atoms with E-state index in [1.807, 2.05) is 12.4 Å². The maximum absolute atomic E-state index is 4.17. The Morgan fingerprint density at radius 1 is 1.53 bits per heavy atom. The maximum atomic E-state index is 4.17. The molecule has 1 aliphatic rings. The summed E-state index contributed by atoms with van der Waals surface area (Å²) < 4.78 is 1.75. The molecule has 0 bridgehead atoms. The minimum atomic E-state index is 0.859. The van der Waals surface area contributed by atoms with Crippen molar-refractivity contribution in [1.29, 1.82) is 0 Å². The third-order valence-electron chi connectivity index (χ3n) is 3.87. The van der Waals surface area contributed by atoms with Crippen LogP contribution in [0.15, 0.2) is 19.0 Å². The summed E-state index contributed by atoms with van der Waals surface area (Å²) in [6.45, 7) is 8.13. The van der Waals surface area contributed by atoms with Crippen LogP contribution in [-0.2, 0) is 6.54 Å². The zero-order valence-electron chi connectivity index (χ0n) is 10.7. The number of hydrogen-bond donors (Lipinski definition) is 1. The molecule has 94 valence electrons. The molecule has 1 N–H and O–H groups in total. The zero-order chi connectivity index (χ0) is 12.1. The molecule has 2 unspecified atom stereocenters. The number of aromatic nitrogens is 2. The van der Waals surface area contributed by atoms with E-state index in [9.17, 15) is 0 Å². The van der Waals surface area contributed by atoms with Gasteiger partial charge in [0.1, 0.15) is 0 Å². The van der Waals surface area contributed by atoms with Gasteiger partial charge < -0.3 is 5.32 Å². The predicted octanol–water partition coefficient (Wildman–Crippen LogP) is 2.90. The van der Waals surface area contributed by atoms with Crippen LogP contribution in [0.5, 0.6) is 0 Å². The lowest BCUT2D eigenvalue weighted by Gasteiger charge is -2.28. The van der Waals surface area contributed by atoms with Crippen LogP contribution in [0.1, 0.15) is 38.2 Å². The lowest BCUT2D eigenvalue weighted by Crippen LogP contribution is -2.28. The molecule has 1 aromatic heterocycles. The van der Waals surface area contributed by atoms with Gasteiger partial charge in [0.15, 0.2) is 0 Å². The first-order valence-electron chi connectivity index (χ1n) is 6.66. The Balaban J connectivity index is 1.73. The van der Waals surface area contributed by atoms with Crippen LogP contribution in [0.25, 0.3) is 6.20 Å². The second kappa shape index (κ2) is 6.01. The molecule has 0 spiro atoms. The minimum Gasteiger partial charge on any atom is -0.312 e. The van der Waals surface area contributed by atoms with Crippen molar-refractivity contribution in [3.63, 3.8) is 0 Å². The lowest BCUT2D eigenvalue weighted by atomic mass is 9.80. The van der Waals surface area contributed by atoms with Crippen molar-refractivity contribution in [3.05, 3.63) is 24.5 Å². The first-order chi connectivity index (χ1) is 8.29. The van der Waals surface area contributed by atoms with Gasteiger partial charge in [0.2, 0.25) is 0 Å². The first kappa shape index (κ1) is 12.4. The van der Waals surface area contributed by atoms with E-state index in [1.54, 1.807) is 10.9 Å². The van der Waals surface area contributed by atoms with E-state index >= 15 is 0 Å². The highest BCUT2D eigenvalue weighted by Crippen LogP contribution is 2.28. The van der Waals surface area contributed by atoms with Gasteiger partial charge in [-0.25, -0.2) is 4.68 Å². The predicted molar refractivity (Wildman–Crippen MR) is 71.4 cm³/mol. The Labute approximate surface area is 104 Å². The van der Waals surface area contributed by atoms with Gasteiger partial charge in [-0.1, -0.05) is 32.8 Å². The van der Waals surface area contributed by atoms with E-state index in [1.165, 1.54) is 31.2 Å². The minimum absolute atomic E-state index is 0.859. The fourth-order valence-corrected chi connectivity index (χ4v) is 2.67. The third-order valence-corrected chi connectivity index (χ3v) is 3.87. The summed E-state index contributed by atoms with van der Waals surface area (Å²) in [6, 6.07) is 0. The average Bonchev–Trinajstić information content (AvgIpc) is 2.80. The van der Waals surface area contributed by atoms with Crippen LogP contribution in [0, 0.1) is 11.8 Å². The molecule has 17 heavy (non-hydrogen) atoms. The molecule has 0 amide bonds. The van der Waals surface area contributed by atoms with E-state index in [0.717, 1.165) is 24.9 Å². The van der Waals surface area contributed by atoms with Gasteiger partial charge >= 0.3 is 0 Å².